The highest BCUT2D eigenvalue weighted by Crippen LogP contribution is 2.43. The molecule has 3 atom stereocenters. The van der Waals surface area contributed by atoms with Crippen molar-refractivity contribution in [2.45, 2.75) is 44.7 Å². The summed E-state index contributed by atoms with van der Waals surface area (Å²) in [6, 6.07) is 8.70. The molecule has 3 aliphatic heterocycles. The molecule has 1 N–H and O–H groups in total. The van der Waals surface area contributed by atoms with Crippen molar-refractivity contribution in [3.63, 3.8) is 0 Å². The van der Waals surface area contributed by atoms with E-state index in [1.54, 1.807) is 24.3 Å². The lowest BCUT2D eigenvalue weighted by atomic mass is 9.95. The Kier molecular flexibility index (Phi) is 8.01. The Morgan fingerprint density at radius 3 is 2.63 bits per heavy atom. The third-order valence-corrected chi connectivity index (χ3v) is 9.04. The molecule has 0 aliphatic carbocycles. The average molecular weight is 655 g/mol. The van der Waals surface area contributed by atoms with Crippen molar-refractivity contribution in [1.29, 1.82) is 0 Å². The number of fused-ring (bicyclic) bond motifs is 3. The van der Waals surface area contributed by atoms with Crippen LogP contribution in [0, 0.1) is 12.8 Å². The molecule has 6 rings (SSSR count). The molecule has 3 amide bonds. The Morgan fingerprint density at radius 1 is 1.17 bits per heavy atom. The zero-order chi connectivity index (χ0) is 33.1. The van der Waals surface area contributed by atoms with Gasteiger partial charge in [0.25, 0.3) is 0 Å². The number of aliphatic hydroxyl groups is 1. The van der Waals surface area contributed by atoms with E-state index in [-0.39, 0.29) is 50.1 Å². The van der Waals surface area contributed by atoms with E-state index in [0.717, 1.165) is 22.6 Å². The molecular weight excluding hydrogens is 625 g/mol. The highest BCUT2D eigenvalue weighted by molar-refractivity contribution is 6.34. The highest BCUT2D eigenvalue weighted by Gasteiger charge is 2.49. The molecule has 5 heterocycles. The maximum absolute atomic E-state index is 14.1. The van der Waals surface area contributed by atoms with Gasteiger partial charge in [0.2, 0.25) is 17.7 Å². The van der Waals surface area contributed by atoms with Crippen LogP contribution in [0.25, 0.3) is 0 Å². The van der Waals surface area contributed by atoms with Crippen molar-refractivity contribution >= 4 is 46.5 Å². The third-order valence-electron chi connectivity index (χ3n) is 8.73. The van der Waals surface area contributed by atoms with Crippen LogP contribution in [-0.4, -0.2) is 63.9 Å². The summed E-state index contributed by atoms with van der Waals surface area (Å²) >= 11 is 6.74. The fourth-order valence-electron chi connectivity index (χ4n) is 6.66. The van der Waals surface area contributed by atoms with E-state index in [4.69, 9.17) is 16.6 Å². The smallest absolute Gasteiger partial charge is 0.394 e. The maximum Gasteiger partial charge on any atom is 0.416 e. The number of carbonyl (C=O) groups excluding carboxylic acids is 3. The van der Waals surface area contributed by atoms with Crippen LogP contribution < -0.4 is 14.7 Å². The van der Waals surface area contributed by atoms with E-state index in [9.17, 15) is 32.7 Å². The van der Waals surface area contributed by atoms with Gasteiger partial charge in [-0.2, -0.15) is 13.2 Å². The topological polar surface area (TPSA) is 110 Å². The van der Waals surface area contributed by atoms with Crippen LogP contribution in [0.1, 0.15) is 40.7 Å². The molecule has 0 spiro atoms. The number of rotatable bonds is 5. The van der Waals surface area contributed by atoms with Gasteiger partial charge in [-0.3, -0.25) is 24.3 Å². The number of pyridine rings is 2. The fourth-order valence-corrected chi connectivity index (χ4v) is 6.95. The first-order valence-electron chi connectivity index (χ1n) is 14.5. The van der Waals surface area contributed by atoms with E-state index in [1.807, 2.05) is 11.0 Å². The molecule has 10 nitrogen and oxygen atoms in total. The summed E-state index contributed by atoms with van der Waals surface area (Å²) in [5.74, 6) is -2.19. The number of carbonyl (C=O) groups is 3. The van der Waals surface area contributed by atoms with Crippen molar-refractivity contribution in [2.75, 3.05) is 34.9 Å². The molecule has 1 aromatic carbocycles. The zero-order valence-electron chi connectivity index (χ0n) is 25.0. The van der Waals surface area contributed by atoms with E-state index in [0.29, 0.717) is 27.8 Å². The predicted octanol–water partition coefficient (Wildman–Crippen LogP) is 4.42. The highest BCUT2D eigenvalue weighted by atomic mass is 35.5. The molecule has 1 unspecified atom stereocenters. The second-order valence-electron chi connectivity index (χ2n) is 11.6. The van der Waals surface area contributed by atoms with Crippen LogP contribution in [0.2, 0.25) is 5.02 Å². The lowest BCUT2D eigenvalue weighted by Gasteiger charge is -2.39. The lowest BCUT2D eigenvalue weighted by Crippen LogP contribution is -2.52. The number of aromatic nitrogens is 2. The summed E-state index contributed by atoms with van der Waals surface area (Å²) in [7, 11) is 1.54. The van der Waals surface area contributed by atoms with Crippen molar-refractivity contribution < 1.29 is 32.7 Å². The largest absolute Gasteiger partial charge is 0.416 e. The molecule has 240 valence electrons. The molecule has 0 bridgehead atoms. The van der Waals surface area contributed by atoms with Gasteiger partial charge in [-0.15, -0.1) is 0 Å². The number of alkyl halides is 3. The Bertz CT molecular complexity index is 1770. The van der Waals surface area contributed by atoms with Crippen LogP contribution in [-0.2, 0) is 33.6 Å². The maximum atomic E-state index is 14.1. The van der Waals surface area contributed by atoms with Gasteiger partial charge in [0, 0.05) is 37.2 Å². The molecule has 1 fully saturated rings. The molecule has 46 heavy (non-hydrogen) atoms. The average Bonchev–Trinajstić information content (AvgIpc) is 3.54. The van der Waals surface area contributed by atoms with Crippen LogP contribution in [0.4, 0.5) is 30.4 Å². The molecule has 14 heteroatoms. The second kappa shape index (κ2) is 11.7. The second-order valence-corrected chi connectivity index (χ2v) is 12.0. The predicted molar refractivity (Wildman–Crippen MR) is 164 cm³/mol. The summed E-state index contributed by atoms with van der Waals surface area (Å²) in [5.41, 5.74) is 2.04. The minimum absolute atomic E-state index is 0.0611. The van der Waals surface area contributed by atoms with E-state index in [1.165, 1.54) is 29.8 Å². The number of halogens is 4. The number of amides is 3. The number of aryl methyl sites for hydroxylation is 1. The van der Waals surface area contributed by atoms with Gasteiger partial charge in [-0.25, -0.2) is 4.98 Å². The van der Waals surface area contributed by atoms with Crippen LogP contribution in [0.15, 0.2) is 55.1 Å². The third kappa shape index (κ3) is 5.36. The van der Waals surface area contributed by atoms with Gasteiger partial charge in [0.1, 0.15) is 11.9 Å². The number of para-hydroxylation sites is 1. The minimum Gasteiger partial charge on any atom is -0.394 e. The lowest BCUT2D eigenvalue weighted by molar-refractivity contribution is -0.137. The van der Waals surface area contributed by atoms with Gasteiger partial charge in [0.05, 0.1) is 59.1 Å². The van der Waals surface area contributed by atoms with Gasteiger partial charge in [-0.05, 0) is 43.3 Å². The van der Waals surface area contributed by atoms with Crippen molar-refractivity contribution in [3.05, 3.63) is 88.4 Å². The number of anilines is 3. The minimum atomic E-state index is -4.67. The van der Waals surface area contributed by atoms with Crippen molar-refractivity contribution in [1.82, 2.24) is 14.9 Å². The van der Waals surface area contributed by atoms with Gasteiger partial charge >= 0.3 is 6.18 Å². The van der Waals surface area contributed by atoms with Crippen LogP contribution >= 0.6 is 11.6 Å². The van der Waals surface area contributed by atoms with E-state index in [2.05, 4.69) is 11.6 Å². The summed E-state index contributed by atoms with van der Waals surface area (Å²) in [6.45, 7) is 5.20. The Hall–Kier alpha value is -4.49. The van der Waals surface area contributed by atoms with Crippen molar-refractivity contribution in [3.8, 4) is 0 Å². The quantitative estimate of drug-likeness (QED) is 0.406. The van der Waals surface area contributed by atoms with Gasteiger partial charge in [-0.1, -0.05) is 30.3 Å². The van der Waals surface area contributed by atoms with Crippen LogP contribution in [0.5, 0.6) is 0 Å². The molecular formula is C32H30ClF3N6O4. The number of likely N-dealkylation sites (N-methyl/N-ethyl adjacent to an activating group) is 1. The SMILES string of the molecule is C=CC(=O)N1Cc2nc(CN3C[C@H]4CC(=O)N(c5cc(C(F)(F)F)cc(C)n5)[C@@H]4C(=O)N(C)c4cccc(Cl)c43)ccc2C1CO. The van der Waals surface area contributed by atoms with E-state index >= 15 is 0 Å². The first-order chi connectivity index (χ1) is 21.8. The fraction of sp³-hybridized carbons (Fsp3) is 0.344. The molecule has 0 saturated carbocycles. The molecule has 2 aromatic heterocycles. The van der Waals surface area contributed by atoms with Crippen LogP contribution in [0.3, 0.4) is 0 Å². The molecule has 3 aromatic rings. The number of aliphatic hydroxyl groups excluding tert-OH is 1. The summed E-state index contributed by atoms with van der Waals surface area (Å²) < 4.78 is 41.2. The number of nitrogens with zero attached hydrogens (tertiary/aromatic N) is 6. The molecule has 1 saturated heterocycles. The number of hydrogen-bond acceptors (Lipinski definition) is 7. The standard InChI is InChI=1S/C32H30ClF3N6O4/c1-4-27(44)41-15-23-21(25(41)16-43)9-8-20(38-23)14-40-13-18-11-28(45)42(26-12-19(32(34,35)36)10-17(2)37-26)29(18)31(46)39(3)24-7-5-6-22(33)30(24)40/h4-10,12,18,25,29,43H,1,11,13-16H2,2-3H3/t18-,25?,29+/m1/s1. The van der Waals surface area contributed by atoms with Crippen molar-refractivity contribution in [2.24, 2.45) is 5.92 Å². The summed E-state index contributed by atoms with van der Waals surface area (Å²) in [4.78, 5) is 54.9. The Balaban J connectivity index is 1.40. The molecule has 3 aliphatic rings. The Labute approximate surface area is 267 Å². The summed E-state index contributed by atoms with van der Waals surface area (Å²) in [5, 5.41) is 10.3. The van der Waals surface area contributed by atoms with Gasteiger partial charge in [0.15, 0.2) is 0 Å². The Morgan fingerprint density at radius 2 is 1.93 bits per heavy atom. The number of benzene rings is 1. The van der Waals surface area contributed by atoms with E-state index < -0.39 is 41.6 Å². The summed E-state index contributed by atoms with van der Waals surface area (Å²) in [6.07, 6.45) is -3.59. The first-order valence-corrected chi connectivity index (χ1v) is 14.9. The molecule has 0 radical (unpaired) electrons. The normalized spacial score (nSPS) is 21.2. The number of hydrogen-bond donors (Lipinski definition) is 1. The van der Waals surface area contributed by atoms with Gasteiger partial charge < -0.3 is 19.8 Å². The first kappa shape index (κ1) is 31.5. The monoisotopic (exact) mass is 654 g/mol. The zero-order valence-corrected chi connectivity index (χ0v) is 25.7.